The molecule has 3 aromatic rings. The van der Waals surface area contributed by atoms with Crippen molar-refractivity contribution >= 4 is 11.6 Å². The van der Waals surface area contributed by atoms with E-state index in [1.165, 1.54) is 6.07 Å². The Labute approximate surface area is 153 Å². The molecule has 0 unspecified atom stereocenters. The number of nitrogens with one attached hydrogen (secondary N) is 1. The van der Waals surface area contributed by atoms with Crippen LogP contribution in [0.2, 0.25) is 5.02 Å². The number of H-pyrrole nitrogens is 1. The zero-order valence-electron chi connectivity index (χ0n) is 13.2. The highest BCUT2D eigenvalue weighted by molar-refractivity contribution is 6.33. The van der Waals surface area contributed by atoms with E-state index < -0.39 is 29.1 Å². The molecule has 0 radical (unpaired) electrons. The Morgan fingerprint density at radius 2 is 1.85 bits per heavy atom. The van der Waals surface area contributed by atoms with Gasteiger partial charge in [0.25, 0.3) is 0 Å². The molecule has 11 heteroatoms. The Morgan fingerprint density at radius 1 is 1.15 bits per heavy atom. The fourth-order valence-corrected chi connectivity index (χ4v) is 2.65. The van der Waals surface area contributed by atoms with Crippen LogP contribution in [0.1, 0.15) is 11.1 Å². The van der Waals surface area contributed by atoms with Crippen LogP contribution in [0.3, 0.4) is 0 Å². The van der Waals surface area contributed by atoms with Gasteiger partial charge in [-0.3, -0.25) is 4.98 Å². The van der Waals surface area contributed by atoms with Crippen molar-refractivity contribution in [2.45, 2.75) is 12.7 Å². The molecule has 142 valence electrons. The monoisotopic (exact) mass is 404 g/mol. The average Bonchev–Trinajstić information content (AvgIpc) is 2.96. The molecule has 0 aliphatic rings. The van der Waals surface area contributed by atoms with Crippen molar-refractivity contribution in [2.24, 2.45) is 5.73 Å². The third-order valence-electron chi connectivity index (χ3n) is 3.73. The van der Waals surface area contributed by atoms with Crippen molar-refractivity contribution in [3.63, 3.8) is 0 Å². The normalized spacial score (nSPS) is 11.8. The third-order valence-corrected chi connectivity index (χ3v) is 4.04. The van der Waals surface area contributed by atoms with E-state index in [0.29, 0.717) is 16.8 Å². The number of hydrogen-bond acceptors (Lipinski definition) is 3. The number of halogens is 6. The van der Waals surface area contributed by atoms with Crippen molar-refractivity contribution in [2.75, 3.05) is 0 Å². The molecule has 0 aliphatic carbocycles. The van der Waals surface area contributed by atoms with Gasteiger partial charge in [0.1, 0.15) is 11.6 Å². The highest BCUT2D eigenvalue weighted by Crippen LogP contribution is 2.33. The van der Waals surface area contributed by atoms with Crippen LogP contribution >= 0.6 is 11.6 Å². The number of benzene rings is 2. The Morgan fingerprint density at radius 3 is 2.48 bits per heavy atom. The van der Waals surface area contributed by atoms with Crippen LogP contribution in [0.25, 0.3) is 17.1 Å². The molecule has 3 N–H and O–H groups in total. The second kappa shape index (κ2) is 6.78. The number of aromatic amines is 1. The standard InChI is InChI=1S/C16H10ClF5N4O/c17-11-5-13(19)7(6-23)3-9(11)14-24-15(27)26(25-14)8-1-2-12(18)10(4-8)16(20,21)22/h1-5H,6,23H2,(H,24,25,27). The number of alkyl halides is 3. The van der Waals surface area contributed by atoms with Crippen LogP contribution in [-0.2, 0) is 12.7 Å². The van der Waals surface area contributed by atoms with Crippen molar-refractivity contribution in [3.05, 3.63) is 68.6 Å². The van der Waals surface area contributed by atoms with Crippen molar-refractivity contribution < 1.29 is 22.0 Å². The van der Waals surface area contributed by atoms with Gasteiger partial charge < -0.3 is 5.73 Å². The molecule has 1 aromatic heterocycles. The largest absolute Gasteiger partial charge is 0.419 e. The minimum Gasteiger partial charge on any atom is -0.326 e. The Hall–Kier alpha value is -2.72. The second-order valence-electron chi connectivity index (χ2n) is 5.48. The first-order valence-electron chi connectivity index (χ1n) is 7.36. The number of nitrogens with two attached hydrogens (primary N) is 1. The summed E-state index contributed by atoms with van der Waals surface area (Å²) in [4.78, 5) is 14.4. The van der Waals surface area contributed by atoms with Crippen molar-refractivity contribution in [3.8, 4) is 17.1 Å². The molecule has 0 aliphatic heterocycles. The smallest absolute Gasteiger partial charge is 0.326 e. The van der Waals surface area contributed by atoms with Gasteiger partial charge in [-0.05, 0) is 30.3 Å². The van der Waals surface area contributed by atoms with E-state index >= 15 is 0 Å². The summed E-state index contributed by atoms with van der Waals surface area (Å²) >= 11 is 5.96. The van der Waals surface area contributed by atoms with E-state index in [1.807, 2.05) is 0 Å². The quantitative estimate of drug-likeness (QED) is 0.654. The highest BCUT2D eigenvalue weighted by atomic mass is 35.5. The fourth-order valence-electron chi connectivity index (χ4n) is 2.41. The molecule has 0 saturated carbocycles. The zero-order valence-corrected chi connectivity index (χ0v) is 14.0. The van der Waals surface area contributed by atoms with E-state index in [4.69, 9.17) is 17.3 Å². The molecule has 0 saturated heterocycles. The summed E-state index contributed by atoms with van der Waals surface area (Å²) in [6.45, 7) is -0.145. The average molecular weight is 405 g/mol. The lowest BCUT2D eigenvalue weighted by atomic mass is 10.1. The summed E-state index contributed by atoms with van der Waals surface area (Å²) in [6.07, 6.45) is -4.95. The lowest BCUT2D eigenvalue weighted by molar-refractivity contribution is -0.140. The predicted octanol–water partition coefficient (Wildman–Crippen LogP) is 3.64. The van der Waals surface area contributed by atoms with Crippen LogP contribution in [0.5, 0.6) is 0 Å². The maximum absolute atomic E-state index is 13.7. The minimum absolute atomic E-state index is 0.0827. The molecule has 2 aromatic carbocycles. The van der Waals surface area contributed by atoms with Crippen molar-refractivity contribution in [1.29, 1.82) is 0 Å². The van der Waals surface area contributed by atoms with Crippen molar-refractivity contribution in [1.82, 2.24) is 14.8 Å². The van der Waals surface area contributed by atoms with Gasteiger partial charge in [-0.2, -0.15) is 17.9 Å². The lowest BCUT2D eigenvalue weighted by Gasteiger charge is -2.09. The molecule has 1 heterocycles. The van der Waals surface area contributed by atoms with Gasteiger partial charge >= 0.3 is 11.9 Å². The summed E-state index contributed by atoms with van der Waals surface area (Å²) in [6, 6.07) is 4.26. The Kier molecular flexibility index (Phi) is 4.79. The van der Waals surface area contributed by atoms with Crippen LogP contribution < -0.4 is 11.4 Å². The molecule has 0 bridgehead atoms. The molecule has 0 fully saturated rings. The maximum atomic E-state index is 13.7. The van der Waals surface area contributed by atoms with Crippen LogP contribution in [0, 0.1) is 11.6 Å². The van der Waals surface area contributed by atoms with Gasteiger partial charge in [0.05, 0.1) is 16.3 Å². The van der Waals surface area contributed by atoms with Gasteiger partial charge in [-0.15, -0.1) is 5.10 Å². The SMILES string of the molecule is NCc1cc(-c2nn(-c3ccc(F)c(C(F)(F)F)c3)c(=O)[nH]2)c(Cl)cc1F. The first-order valence-corrected chi connectivity index (χ1v) is 7.74. The Balaban J connectivity index is 2.13. The van der Waals surface area contributed by atoms with Gasteiger partial charge in [0.15, 0.2) is 5.82 Å². The van der Waals surface area contributed by atoms with Crippen LogP contribution in [-0.4, -0.2) is 14.8 Å². The topological polar surface area (TPSA) is 76.7 Å². The first-order chi connectivity index (χ1) is 12.6. The van der Waals surface area contributed by atoms with E-state index in [1.54, 1.807) is 0 Å². The van der Waals surface area contributed by atoms with E-state index in [9.17, 15) is 26.7 Å². The van der Waals surface area contributed by atoms with Gasteiger partial charge in [-0.25, -0.2) is 13.6 Å². The zero-order chi connectivity index (χ0) is 19.9. The van der Waals surface area contributed by atoms with Crippen LogP contribution in [0.15, 0.2) is 35.1 Å². The molecule has 0 spiro atoms. The molecular weight excluding hydrogens is 395 g/mol. The predicted molar refractivity (Wildman–Crippen MR) is 87.4 cm³/mol. The maximum Gasteiger partial charge on any atom is 0.419 e. The minimum atomic E-state index is -4.95. The highest BCUT2D eigenvalue weighted by Gasteiger charge is 2.34. The van der Waals surface area contributed by atoms with Gasteiger partial charge in [0.2, 0.25) is 0 Å². The molecule has 5 nitrogen and oxygen atoms in total. The number of aromatic nitrogens is 3. The molecule has 0 atom stereocenters. The summed E-state index contributed by atoms with van der Waals surface area (Å²) in [7, 11) is 0. The fraction of sp³-hybridized carbons (Fsp3) is 0.125. The molecule has 0 amide bonds. The summed E-state index contributed by atoms with van der Waals surface area (Å²) < 4.78 is 66.3. The Bertz CT molecular complexity index is 1070. The first kappa shape index (κ1) is 19.1. The van der Waals surface area contributed by atoms with Gasteiger partial charge in [0, 0.05) is 17.7 Å². The summed E-state index contributed by atoms with van der Waals surface area (Å²) in [5, 5.41) is 3.80. The molecule has 3 rings (SSSR count). The lowest BCUT2D eigenvalue weighted by Crippen LogP contribution is -2.17. The number of nitrogens with zero attached hydrogens (tertiary/aromatic N) is 2. The number of hydrogen-bond donors (Lipinski definition) is 2. The molecular formula is C16H10ClF5N4O. The van der Waals surface area contributed by atoms with Gasteiger partial charge in [-0.1, -0.05) is 11.6 Å². The third kappa shape index (κ3) is 3.58. The van der Waals surface area contributed by atoms with E-state index in [-0.39, 0.29) is 34.2 Å². The summed E-state index contributed by atoms with van der Waals surface area (Å²) in [5.74, 6) is -2.25. The summed E-state index contributed by atoms with van der Waals surface area (Å²) in [5.41, 5.74) is 2.92. The number of rotatable bonds is 3. The van der Waals surface area contributed by atoms with Crippen LogP contribution in [0.4, 0.5) is 22.0 Å². The van der Waals surface area contributed by atoms with E-state index in [0.717, 1.165) is 12.1 Å². The second-order valence-corrected chi connectivity index (χ2v) is 5.89. The van der Waals surface area contributed by atoms with E-state index in [2.05, 4.69) is 10.1 Å². The molecule has 27 heavy (non-hydrogen) atoms.